The number of benzene rings is 1. The van der Waals surface area contributed by atoms with Gasteiger partial charge in [-0.05, 0) is 12.1 Å². The molecule has 1 aliphatic heterocycles. The van der Waals surface area contributed by atoms with E-state index in [-0.39, 0.29) is 30.0 Å². The lowest BCUT2D eigenvalue weighted by molar-refractivity contribution is -0.137. The Bertz CT molecular complexity index is 671. The maximum atomic E-state index is 11.7. The van der Waals surface area contributed by atoms with Gasteiger partial charge in [0.15, 0.2) is 9.84 Å². The lowest BCUT2D eigenvalue weighted by Crippen LogP contribution is -2.50. The second kappa shape index (κ2) is 5.72. The van der Waals surface area contributed by atoms with Gasteiger partial charge in [0.25, 0.3) is 5.91 Å². The fourth-order valence-corrected chi connectivity index (χ4v) is 4.03. The van der Waals surface area contributed by atoms with Gasteiger partial charge in [0, 0.05) is 12.2 Å². The lowest BCUT2D eigenvalue weighted by Gasteiger charge is -2.37. The molecule has 1 aliphatic rings. The van der Waals surface area contributed by atoms with Gasteiger partial charge in [-0.1, -0.05) is 12.1 Å². The number of carbonyl (C=O) groups excluding carboxylic acids is 1. The van der Waals surface area contributed by atoms with Crippen molar-refractivity contribution < 1.29 is 23.1 Å². The van der Waals surface area contributed by atoms with E-state index in [1.54, 1.807) is 29.2 Å². The molecule has 0 bridgehead atoms. The fourth-order valence-electron chi connectivity index (χ4n) is 2.51. The summed E-state index contributed by atoms with van der Waals surface area (Å²) in [6.07, 6.45) is -0.313. The zero-order valence-electron chi connectivity index (χ0n) is 11.2. The minimum absolute atomic E-state index is 0.0732. The van der Waals surface area contributed by atoms with Gasteiger partial charge in [-0.3, -0.25) is 9.59 Å². The highest BCUT2D eigenvalue weighted by molar-refractivity contribution is 7.91. The number of nitrogens with zero attached hydrogens (tertiary/aromatic N) is 1. The molecule has 1 saturated heterocycles. The van der Waals surface area contributed by atoms with Crippen molar-refractivity contribution in [3.8, 4) is 0 Å². The van der Waals surface area contributed by atoms with Crippen molar-refractivity contribution in [2.75, 3.05) is 23.0 Å². The first-order chi connectivity index (χ1) is 9.80. The predicted molar refractivity (Wildman–Crippen MR) is 77.0 cm³/mol. The summed E-state index contributed by atoms with van der Waals surface area (Å²) in [5.41, 5.74) is 6.06. The van der Waals surface area contributed by atoms with Gasteiger partial charge in [-0.2, -0.15) is 0 Å². The van der Waals surface area contributed by atoms with Crippen molar-refractivity contribution in [2.24, 2.45) is 5.73 Å². The standard InChI is InChI=1S/C13H16N2O5S/c14-13(18)10-3-1-2-4-11(10)15-5-6-21(19,20)8-9(15)7-12(16)17/h1-4,9H,5-8H2,(H2,14,18)(H,16,17). The zero-order chi connectivity index (χ0) is 15.6. The van der Waals surface area contributed by atoms with Gasteiger partial charge < -0.3 is 15.7 Å². The smallest absolute Gasteiger partial charge is 0.305 e. The molecular formula is C13H16N2O5S. The summed E-state index contributed by atoms with van der Waals surface area (Å²) in [6.45, 7) is 0.143. The molecular weight excluding hydrogens is 296 g/mol. The number of para-hydroxylation sites is 1. The second-order valence-corrected chi connectivity index (χ2v) is 7.17. The Morgan fingerprint density at radius 1 is 1.33 bits per heavy atom. The minimum Gasteiger partial charge on any atom is -0.481 e. The largest absolute Gasteiger partial charge is 0.481 e. The average Bonchev–Trinajstić information content (AvgIpc) is 2.37. The fraction of sp³-hybridized carbons (Fsp3) is 0.385. The molecule has 0 aromatic heterocycles. The number of carboxylic acid groups (broad SMARTS) is 1. The normalized spacial score (nSPS) is 21.0. The molecule has 1 atom stereocenters. The van der Waals surface area contributed by atoms with E-state index in [4.69, 9.17) is 10.8 Å². The van der Waals surface area contributed by atoms with Crippen molar-refractivity contribution in [1.29, 1.82) is 0 Å². The molecule has 21 heavy (non-hydrogen) atoms. The van der Waals surface area contributed by atoms with Crippen LogP contribution in [-0.4, -0.2) is 49.5 Å². The average molecular weight is 312 g/mol. The monoisotopic (exact) mass is 312 g/mol. The topological polar surface area (TPSA) is 118 Å². The molecule has 1 aromatic carbocycles. The molecule has 1 aromatic rings. The molecule has 1 fully saturated rings. The number of primary amides is 1. The highest BCUT2D eigenvalue weighted by Crippen LogP contribution is 2.26. The number of amides is 1. The Kier molecular flexibility index (Phi) is 4.17. The van der Waals surface area contributed by atoms with E-state index in [0.717, 1.165) is 0 Å². The van der Waals surface area contributed by atoms with Crippen LogP contribution in [-0.2, 0) is 14.6 Å². The van der Waals surface area contributed by atoms with E-state index in [1.807, 2.05) is 0 Å². The van der Waals surface area contributed by atoms with Crippen molar-refractivity contribution in [3.63, 3.8) is 0 Å². The van der Waals surface area contributed by atoms with Crippen molar-refractivity contribution in [1.82, 2.24) is 0 Å². The zero-order valence-corrected chi connectivity index (χ0v) is 12.0. The minimum atomic E-state index is -3.27. The Labute approximate surface area is 122 Å². The number of aliphatic carboxylic acids is 1. The summed E-state index contributed by atoms with van der Waals surface area (Å²) in [5.74, 6) is -2.03. The van der Waals surface area contributed by atoms with Crippen molar-refractivity contribution in [3.05, 3.63) is 29.8 Å². The summed E-state index contributed by atoms with van der Waals surface area (Å²) in [7, 11) is -3.27. The van der Waals surface area contributed by atoms with Gasteiger partial charge in [-0.15, -0.1) is 0 Å². The van der Waals surface area contributed by atoms with Gasteiger partial charge in [0.1, 0.15) is 0 Å². The highest BCUT2D eigenvalue weighted by Gasteiger charge is 2.34. The van der Waals surface area contributed by atoms with E-state index in [9.17, 15) is 18.0 Å². The quantitative estimate of drug-likeness (QED) is 0.799. The summed E-state index contributed by atoms with van der Waals surface area (Å²) in [5, 5.41) is 8.97. The number of hydrogen-bond donors (Lipinski definition) is 2. The van der Waals surface area contributed by atoms with E-state index in [0.29, 0.717) is 5.69 Å². The molecule has 0 spiro atoms. The number of sulfone groups is 1. The summed E-state index contributed by atoms with van der Waals surface area (Å²) >= 11 is 0. The highest BCUT2D eigenvalue weighted by atomic mass is 32.2. The summed E-state index contributed by atoms with van der Waals surface area (Å²) < 4.78 is 23.5. The molecule has 0 aliphatic carbocycles. The molecule has 0 saturated carbocycles. The molecule has 1 unspecified atom stereocenters. The van der Waals surface area contributed by atoms with Crippen LogP contribution >= 0.6 is 0 Å². The first kappa shape index (κ1) is 15.3. The summed E-state index contributed by atoms with van der Waals surface area (Å²) in [6, 6.07) is 5.83. The van der Waals surface area contributed by atoms with Crippen LogP contribution in [0.4, 0.5) is 5.69 Å². The van der Waals surface area contributed by atoms with Gasteiger partial charge in [-0.25, -0.2) is 8.42 Å². The third kappa shape index (κ3) is 3.52. The number of carboxylic acids is 1. The van der Waals surface area contributed by atoms with E-state index in [2.05, 4.69) is 0 Å². The van der Waals surface area contributed by atoms with Crippen LogP contribution in [0.1, 0.15) is 16.8 Å². The number of carbonyl (C=O) groups is 2. The van der Waals surface area contributed by atoms with Crippen LogP contribution < -0.4 is 10.6 Å². The Hall–Kier alpha value is -2.09. The maximum absolute atomic E-state index is 11.7. The van der Waals surface area contributed by atoms with E-state index < -0.39 is 27.8 Å². The first-order valence-corrected chi connectivity index (χ1v) is 8.20. The molecule has 0 radical (unpaired) electrons. The lowest BCUT2D eigenvalue weighted by atomic mass is 10.1. The van der Waals surface area contributed by atoms with Gasteiger partial charge in [0.2, 0.25) is 0 Å². The molecule has 8 heteroatoms. The van der Waals surface area contributed by atoms with Crippen molar-refractivity contribution >= 4 is 27.4 Å². The van der Waals surface area contributed by atoms with Crippen LogP contribution in [0.15, 0.2) is 24.3 Å². The predicted octanol–water partition coefficient (Wildman–Crippen LogP) is -0.136. The van der Waals surface area contributed by atoms with Crippen LogP contribution in [0.5, 0.6) is 0 Å². The molecule has 3 N–H and O–H groups in total. The Morgan fingerprint density at radius 2 is 2.00 bits per heavy atom. The molecule has 114 valence electrons. The van der Waals surface area contributed by atoms with Crippen LogP contribution in [0.25, 0.3) is 0 Å². The Balaban J connectivity index is 2.41. The molecule has 2 rings (SSSR count). The van der Waals surface area contributed by atoms with Crippen LogP contribution in [0, 0.1) is 0 Å². The second-order valence-electron chi connectivity index (χ2n) is 4.94. The molecule has 7 nitrogen and oxygen atoms in total. The number of rotatable bonds is 4. The Morgan fingerprint density at radius 3 is 2.62 bits per heavy atom. The van der Waals surface area contributed by atoms with E-state index >= 15 is 0 Å². The summed E-state index contributed by atoms with van der Waals surface area (Å²) in [4.78, 5) is 24.1. The molecule has 1 heterocycles. The number of anilines is 1. The molecule has 1 amide bonds. The van der Waals surface area contributed by atoms with E-state index in [1.165, 1.54) is 0 Å². The number of hydrogen-bond acceptors (Lipinski definition) is 5. The third-order valence-corrected chi connectivity index (χ3v) is 5.12. The number of nitrogens with two attached hydrogens (primary N) is 1. The maximum Gasteiger partial charge on any atom is 0.305 e. The third-order valence-electron chi connectivity index (χ3n) is 3.42. The van der Waals surface area contributed by atoms with Gasteiger partial charge in [0.05, 0.1) is 29.5 Å². The SMILES string of the molecule is NC(=O)c1ccccc1N1CCS(=O)(=O)CC1CC(=O)O. The van der Waals surface area contributed by atoms with Crippen molar-refractivity contribution in [2.45, 2.75) is 12.5 Å². The van der Waals surface area contributed by atoms with Crippen LogP contribution in [0.2, 0.25) is 0 Å². The van der Waals surface area contributed by atoms with Gasteiger partial charge >= 0.3 is 5.97 Å². The van der Waals surface area contributed by atoms with Crippen LogP contribution in [0.3, 0.4) is 0 Å². The first-order valence-electron chi connectivity index (χ1n) is 6.38.